The first kappa shape index (κ1) is 22.1. The van der Waals surface area contributed by atoms with Crippen LogP contribution in [0, 0.1) is 6.92 Å². The van der Waals surface area contributed by atoms with Gasteiger partial charge in [0.15, 0.2) is 5.69 Å². The topological polar surface area (TPSA) is 42.8 Å². The standard InChI is InChI=1S/C26H19ClF3N3O/c1-16-4-2-6-22(27)25(16)33-18(14-24(32-33)26(28,29)30)15-34-19-10-8-17(9-11-19)20-5-3-7-23-21(20)12-13-31-23/h2-14,31H,15H2,1H3. The maximum absolute atomic E-state index is 13.4. The fourth-order valence-electron chi connectivity index (χ4n) is 3.97. The first-order valence-corrected chi connectivity index (χ1v) is 10.9. The van der Waals surface area contributed by atoms with Gasteiger partial charge in [0.05, 0.1) is 16.4 Å². The van der Waals surface area contributed by atoms with Crippen LogP contribution in [-0.4, -0.2) is 14.8 Å². The van der Waals surface area contributed by atoms with Crippen molar-refractivity contribution in [3.05, 3.63) is 101 Å². The van der Waals surface area contributed by atoms with E-state index in [1.54, 1.807) is 37.3 Å². The normalized spacial score (nSPS) is 11.8. The Kier molecular flexibility index (Phi) is 5.57. The Bertz CT molecular complexity index is 1450. The van der Waals surface area contributed by atoms with Crippen LogP contribution in [0.15, 0.2) is 79.0 Å². The van der Waals surface area contributed by atoms with E-state index in [0.29, 0.717) is 22.0 Å². The summed E-state index contributed by atoms with van der Waals surface area (Å²) in [5, 5.41) is 5.20. The summed E-state index contributed by atoms with van der Waals surface area (Å²) in [4.78, 5) is 3.20. The highest BCUT2D eigenvalue weighted by atomic mass is 35.5. The molecule has 34 heavy (non-hydrogen) atoms. The van der Waals surface area contributed by atoms with Gasteiger partial charge in [-0.05, 0) is 60.0 Å². The number of rotatable bonds is 5. The largest absolute Gasteiger partial charge is 0.487 e. The Morgan fingerprint density at radius 3 is 2.50 bits per heavy atom. The Morgan fingerprint density at radius 2 is 1.76 bits per heavy atom. The highest BCUT2D eigenvalue weighted by Crippen LogP contribution is 2.33. The first-order valence-electron chi connectivity index (χ1n) is 10.5. The summed E-state index contributed by atoms with van der Waals surface area (Å²) in [5.74, 6) is 0.530. The molecule has 3 aromatic carbocycles. The van der Waals surface area contributed by atoms with Gasteiger partial charge < -0.3 is 9.72 Å². The fraction of sp³-hybridized carbons (Fsp3) is 0.115. The molecule has 5 aromatic rings. The average molecular weight is 482 g/mol. The van der Waals surface area contributed by atoms with Gasteiger partial charge >= 0.3 is 6.18 Å². The molecule has 0 saturated heterocycles. The van der Waals surface area contributed by atoms with Gasteiger partial charge in [-0.25, -0.2) is 4.68 Å². The molecule has 0 amide bonds. The molecule has 172 valence electrons. The molecule has 0 spiro atoms. The van der Waals surface area contributed by atoms with Crippen molar-refractivity contribution in [3.63, 3.8) is 0 Å². The Labute approximate surface area is 198 Å². The average Bonchev–Trinajstić information content (AvgIpc) is 3.45. The number of ether oxygens (including phenoxy) is 1. The molecule has 0 saturated carbocycles. The van der Waals surface area contributed by atoms with Crippen LogP contribution in [0.5, 0.6) is 5.75 Å². The van der Waals surface area contributed by atoms with Gasteiger partial charge in [0.25, 0.3) is 0 Å². The van der Waals surface area contributed by atoms with Crippen LogP contribution in [0.25, 0.3) is 27.7 Å². The monoisotopic (exact) mass is 481 g/mol. The molecular weight excluding hydrogens is 463 g/mol. The number of nitrogens with one attached hydrogen (secondary N) is 1. The van der Waals surface area contributed by atoms with Gasteiger partial charge in [0, 0.05) is 17.1 Å². The van der Waals surface area contributed by atoms with Gasteiger partial charge in [-0.2, -0.15) is 18.3 Å². The van der Waals surface area contributed by atoms with E-state index < -0.39 is 11.9 Å². The van der Waals surface area contributed by atoms with Crippen LogP contribution in [-0.2, 0) is 12.8 Å². The van der Waals surface area contributed by atoms with Crippen LogP contribution < -0.4 is 4.74 Å². The zero-order chi connectivity index (χ0) is 23.9. The number of fused-ring (bicyclic) bond motifs is 1. The second kappa shape index (κ2) is 8.57. The zero-order valence-corrected chi connectivity index (χ0v) is 18.8. The molecule has 8 heteroatoms. The summed E-state index contributed by atoms with van der Waals surface area (Å²) in [6, 6.07) is 21.6. The van der Waals surface area contributed by atoms with E-state index in [4.69, 9.17) is 16.3 Å². The van der Waals surface area contributed by atoms with E-state index in [9.17, 15) is 13.2 Å². The summed E-state index contributed by atoms with van der Waals surface area (Å²) < 4.78 is 47.3. The van der Waals surface area contributed by atoms with Crippen molar-refractivity contribution < 1.29 is 17.9 Å². The highest BCUT2D eigenvalue weighted by Gasteiger charge is 2.35. The van der Waals surface area contributed by atoms with E-state index in [-0.39, 0.29) is 12.3 Å². The molecule has 1 N–H and O–H groups in total. The summed E-state index contributed by atoms with van der Waals surface area (Å²) in [5.41, 5.74) is 3.47. The van der Waals surface area contributed by atoms with Gasteiger partial charge in [0.1, 0.15) is 12.4 Å². The number of aromatic nitrogens is 3. The van der Waals surface area contributed by atoms with Crippen molar-refractivity contribution in [2.24, 2.45) is 0 Å². The summed E-state index contributed by atoms with van der Waals surface area (Å²) >= 11 is 6.30. The number of aromatic amines is 1. The molecule has 0 fully saturated rings. The second-order valence-electron chi connectivity index (χ2n) is 7.89. The van der Waals surface area contributed by atoms with E-state index in [2.05, 4.69) is 10.1 Å². The lowest BCUT2D eigenvalue weighted by molar-refractivity contribution is -0.141. The number of nitrogens with zero attached hydrogens (tertiary/aromatic N) is 2. The number of H-pyrrole nitrogens is 1. The minimum Gasteiger partial charge on any atom is -0.487 e. The molecule has 0 radical (unpaired) electrons. The molecule has 0 aliphatic heterocycles. The number of benzene rings is 3. The molecule has 2 heterocycles. The fourth-order valence-corrected chi connectivity index (χ4v) is 4.27. The third-order valence-corrected chi connectivity index (χ3v) is 5.93. The molecule has 2 aromatic heterocycles. The van der Waals surface area contributed by atoms with Crippen LogP contribution in [0.4, 0.5) is 13.2 Å². The molecule has 5 rings (SSSR count). The lowest BCUT2D eigenvalue weighted by Gasteiger charge is -2.13. The second-order valence-corrected chi connectivity index (χ2v) is 8.30. The maximum atomic E-state index is 13.4. The van der Waals surface area contributed by atoms with E-state index >= 15 is 0 Å². The Morgan fingerprint density at radius 1 is 1.00 bits per heavy atom. The predicted octanol–water partition coefficient (Wildman–Crippen LogP) is 7.58. The number of para-hydroxylation sites is 1. The van der Waals surface area contributed by atoms with E-state index in [0.717, 1.165) is 28.1 Å². The lowest BCUT2D eigenvalue weighted by Crippen LogP contribution is -2.10. The number of hydrogen-bond acceptors (Lipinski definition) is 2. The van der Waals surface area contributed by atoms with Crippen molar-refractivity contribution in [2.75, 3.05) is 0 Å². The van der Waals surface area contributed by atoms with Crippen molar-refractivity contribution in [1.29, 1.82) is 0 Å². The Balaban J connectivity index is 1.43. The van der Waals surface area contributed by atoms with E-state index in [1.807, 2.05) is 42.6 Å². The number of alkyl halides is 3. The van der Waals surface area contributed by atoms with Crippen LogP contribution in [0.3, 0.4) is 0 Å². The lowest BCUT2D eigenvalue weighted by atomic mass is 10.0. The van der Waals surface area contributed by atoms with Gasteiger partial charge in [-0.1, -0.05) is 48.0 Å². The number of hydrogen-bond donors (Lipinski definition) is 1. The summed E-state index contributed by atoms with van der Waals surface area (Å²) in [6.45, 7) is 1.66. The predicted molar refractivity (Wildman–Crippen MR) is 126 cm³/mol. The van der Waals surface area contributed by atoms with Crippen molar-refractivity contribution >= 4 is 22.5 Å². The molecule has 0 aliphatic rings. The molecule has 0 bridgehead atoms. The highest BCUT2D eigenvalue weighted by molar-refractivity contribution is 6.32. The number of halogens is 4. The van der Waals surface area contributed by atoms with Gasteiger partial charge in [0.2, 0.25) is 0 Å². The Hall–Kier alpha value is -3.71. The third-order valence-electron chi connectivity index (χ3n) is 5.62. The van der Waals surface area contributed by atoms with Crippen LogP contribution >= 0.6 is 11.6 Å². The molecule has 4 nitrogen and oxygen atoms in total. The minimum atomic E-state index is -4.59. The number of aryl methyl sites for hydroxylation is 1. The van der Waals surface area contributed by atoms with Gasteiger partial charge in [-0.15, -0.1) is 0 Å². The first-order chi connectivity index (χ1) is 16.3. The van der Waals surface area contributed by atoms with Crippen molar-refractivity contribution in [3.8, 4) is 22.6 Å². The quantitative estimate of drug-likeness (QED) is 0.281. The zero-order valence-electron chi connectivity index (χ0n) is 18.0. The summed E-state index contributed by atoms with van der Waals surface area (Å²) in [7, 11) is 0. The molecule has 0 atom stereocenters. The van der Waals surface area contributed by atoms with Crippen molar-refractivity contribution in [2.45, 2.75) is 19.7 Å². The van der Waals surface area contributed by atoms with E-state index in [1.165, 1.54) is 4.68 Å². The van der Waals surface area contributed by atoms with Gasteiger partial charge in [-0.3, -0.25) is 0 Å². The SMILES string of the molecule is Cc1cccc(Cl)c1-n1nc(C(F)(F)F)cc1COc1ccc(-c2cccc3[nH]ccc23)cc1. The molecular formula is C26H19ClF3N3O. The van der Waals surface area contributed by atoms with Crippen LogP contribution in [0.2, 0.25) is 5.02 Å². The maximum Gasteiger partial charge on any atom is 0.435 e. The summed E-state index contributed by atoms with van der Waals surface area (Å²) in [6.07, 6.45) is -2.69. The third kappa shape index (κ3) is 4.15. The molecule has 0 unspecified atom stereocenters. The van der Waals surface area contributed by atoms with Crippen molar-refractivity contribution in [1.82, 2.24) is 14.8 Å². The molecule has 0 aliphatic carbocycles. The minimum absolute atomic E-state index is 0.111. The van der Waals surface area contributed by atoms with Crippen LogP contribution in [0.1, 0.15) is 17.0 Å². The smallest absolute Gasteiger partial charge is 0.435 e.